The van der Waals surface area contributed by atoms with Gasteiger partial charge in [-0.1, -0.05) is 20.8 Å². The van der Waals surface area contributed by atoms with Crippen molar-refractivity contribution in [2.45, 2.75) is 44.9 Å². The zero-order chi connectivity index (χ0) is 15.8. The standard InChI is InChI=1S/C16H21NO3S/c1-5-6-19-16(18)9-20-14-7-12(4)15(21-10-17)8-13(14)11(2)3/h7-8,11H,5-6,9H2,1-4H3. The largest absolute Gasteiger partial charge is 0.482 e. The van der Waals surface area contributed by atoms with Gasteiger partial charge in [-0.05, 0) is 54.3 Å². The molecule has 114 valence electrons. The second-order valence-corrected chi connectivity index (χ2v) is 5.84. The summed E-state index contributed by atoms with van der Waals surface area (Å²) >= 11 is 1.14. The van der Waals surface area contributed by atoms with Crippen molar-refractivity contribution in [2.24, 2.45) is 0 Å². The molecule has 0 N–H and O–H groups in total. The molecule has 0 bridgehead atoms. The second-order valence-electron chi connectivity index (χ2n) is 5.01. The molecular weight excluding hydrogens is 286 g/mol. The van der Waals surface area contributed by atoms with E-state index in [1.165, 1.54) is 0 Å². The van der Waals surface area contributed by atoms with E-state index in [9.17, 15) is 4.79 Å². The van der Waals surface area contributed by atoms with Gasteiger partial charge in [-0.15, -0.1) is 0 Å². The first kappa shape index (κ1) is 17.4. The molecule has 0 aromatic heterocycles. The molecule has 4 nitrogen and oxygen atoms in total. The van der Waals surface area contributed by atoms with Crippen LogP contribution in [0.15, 0.2) is 17.0 Å². The predicted octanol–water partition coefficient (Wildman–Crippen LogP) is 4.02. The van der Waals surface area contributed by atoms with E-state index in [0.29, 0.717) is 12.4 Å². The number of hydrogen-bond acceptors (Lipinski definition) is 5. The highest BCUT2D eigenvalue weighted by atomic mass is 32.2. The number of ether oxygens (including phenoxy) is 2. The number of aryl methyl sites for hydroxylation is 1. The molecule has 0 saturated heterocycles. The highest BCUT2D eigenvalue weighted by molar-refractivity contribution is 8.03. The van der Waals surface area contributed by atoms with Crippen molar-refractivity contribution < 1.29 is 14.3 Å². The quantitative estimate of drug-likeness (QED) is 0.432. The van der Waals surface area contributed by atoms with Gasteiger partial charge in [-0.25, -0.2) is 4.79 Å². The third-order valence-corrected chi connectivity index (χ3v) is 3.65. The lowest BCUT2D eigenvalue weighted by Gasteiger charge is -2.16. The fourth-order valence-corrected chi connectivity index (χ4v) is 2.31. The van der Waals surface area contributed by atoms with E-state index in [2.05, 4.69) is 5.40 Å². The lowest BCUT2D eigenvalue weighted by molar-refractivity contribution is -0.146. The van der Waals surface area contributed by atoms with Crippen molar-refractivity contribution >= 4 is 17.7 Å². The number of carbonyl (C=O) groups is 1. The Morgan fingerprint density at radius 2 is 2.14 bits per heavy atom. The Morgan fingerprint density at radius 1 is 1.43 bits per heavy atom. The van der Waals surface area contributed by atoms with Crippen LogP contribution in [0.4, 0.5) is 0 Å². The van der Waals surface area contributed by atoms with E-state index in [1.54, 1.807) is 0 Å². The molecule has 1 aromatic rings. The summed E-state index contributed by atoms with van der Waals surface area (Å²) in [6, 6.07) is 3.84. The number of carbonyl (C=O) groups excluding carboxylic acids is 1. The molecule has 0 aliphatic rings. The Morgan fingerprint density at radius 3 is 2.71 bits per heavy atom. The van der Waals surface area contributed by atoms with Crippen LogP contribution in [0.2, 0.25) is 0 Å². The van der Waals surface area contributed by atoms with Gasteiger partial charge < -0.3 is 9.47 Å². The van der Waals surface area contributed by atoms with Crippen LogP contribution in [0.25, 0.3) is 0 Å². The van der Waals surface area contributed by atoms with Crippen molar-refractivity contribution in [1.29, 1.82) is 5.26 Å². The van der Waals surface area contributed by atoms with Crippen LogP contribution >= 0.6 is 11.8 Å². The zero-order valence-corrected chi connectivity index (χ0v) is 13.8. The normalized spacial score (nSPS) is 10.3. The summed E-state index contributed by atoms with van der Waals surface area (Å²) in [5, 5.41) is 10.9. The van der Waals surface area contributed by atoms with Crippen LogP contribution in [0.3, 0.4) is 0 Å². The number of esters is 1. The minimum atomic E-state index is -0.361. The molecule has 0 amide bonds. The minimum absolute atomic E-state index is 0.0934. The number of thioether (sulfide) groups is 1. The van der Waals surface area contributed by atoms with Crippen molar-refractivity contribution in [3.05, 3.63) is 23.3 Å². The van der Waals surface area contributed by atoms with Gasteiger partial charge in [0, 0.05) is 4.90 Å². The second kappa shape index (κ2) is 8.58. The molecule has 0 aliphatic carbocycles. The minimum Gasteiger partial charge on any atom is -0.482 e. The number of benzene rings is 1. The molecule has 0 fully saturated rings. The molecule has 0 spiro atoms. The number of nitriles is 1. The van der Waals surface area contributed by atoms with E-state index in [-0.39, 0.29) is 18.5 Å². The van der Waals surface area contributed by atoms with Crippen molar-refractivity contribution in [3.8, 4) is 11.2 Å². The first-order chi connectivity index (χ1) is 9.99. The van der Waals surface area contributed by atoms with Gasteiger partial charge in [0.15, 0.2) is 6.61 Å². The van der Waals surface area contributed by atoms with Crippen LogP contribution in [-0.2, 0) is 9.53 Å². The molecule has 0 saturated carbocycles. The molecule has 0 unspecified atom stereocenters. The highest BCUT2D eigenvalue weighted by Gasteiger charge is 2.14. The van der Waals surface area contributed by atoms with E-state index >= 15 is 0 Å². The fraction of sp³-hybridized carbons (Fsp3) is 0.500. The zero-order valence-electron chi connectivity index (χ0n) is 12.9. The molecule has 0 heterocycles. The lowest BCUT2D eigenvalue weighted by Crippen LogP contribution is -2.16. The first-order valence-corrected chi connectivity index (χ1v) is 7.80. The maximum atomic E-state index is 11.5. The third-order valence-electron chi connectivity index (χ3n) is 2.90. The van der Waals surface area contributed by atoms with Crippen molar-refractivity contribution in [2.75, 3.05) is 13.2 Å². The van der Waals surface area contributed by atoms with Gasteiger partial charge in [-0.2, -0.15) is 5.26 Å². The Balaban J connectivity index is 2.88. The summed E-state index contributed by atoms with van der Waals surface area (Å²) < 4.78 is 10.6. The summed E-state index contributed by atoms with van der Waals surface area (Å²) in [6.45, 7) is 8.29. The van der Waals surface area contributed by atoms with Crippen LogP contribution in [0, 0.1) is 17.6 Å². The Kier molecular flexibility index (Phi) is 7.10. The van der Waals surface area contributed by atoms with Gasteiger partial charge in [0.25, 0.3) is 0 Å². The molecular formula is C16H21NO3S. The molecule has 21 heavy (non-hydrogen) atoms. The number of rotatable bonds is 7. The SMILES string of the molecule is CCCOC(=O)COc1cc(C)c(SC#N)cc1C(C)C. The number of nitrogens with zero attached hydrogens (tertiary/aromatic N) is 1. The maximum Gasteiger partial charge on any atom is 0.344 e. The van der Waals surface area contributed by atoms with Gasteiger partial charge in [0.1, 0.15) is 11.2 Å². The topological polar surface area (TPSA) is 59.3 Å². The molecule has 1 aromatic carbocycles. The Bertz CT molecular complexity index is 535. The van der Waals surface area contributed by atoms with Crippen LogP contribution < -0.4 is 4.74 Å². The summed E-state index contributed by atoms with van der Waals surface area (Å²) in [5.74, 6) is 0.559. The third kappa shape index (κ3) is 5.31. The van der Waals surface area contributed by atoms with Gasteiger partial charge in [0.2, 0.25) is 0 Å². The van der Waals surface area contributed by atoms with E-state index < -0.39 is 0 Å². The molecule has 5 heteroatoms. The number of thiocyanates is 1. The van der Waals surface area contributed by atoms with E-state index in [0.717, 1.165) is 34.2 Å². The molecule has 1 rings (SSSR count). The van der Waals surface area contributed by atoms with Gasteiger partial charge in [0.05, 0.1) is 6.61 Å². The average molecular weight is 307 g/mol. The fourth-order valence-electron chi connectivity index (χ4n) is 1.81. The summed E-state index contributed by atoms with van der Waals surface area (Å²) in [6.07, 6.45) is 0.794. The highest BCUT2D eigenvalue weighted by Crippen LogP contribution is 2.33. The maximum absolute atomic E-state index is 11.5. The first-order valence-electron chi connectivity index (χ1n) is 6.98. The van der Waals surface area contributed by atoms with Crippen molar-refractivity contribution in [3.63, 3.8) is 0 Å². The predicted molar refractivity (Wildman–Crippen MR) is 83.5 cm³/mol. The summed E-state index contributed by atoms with van der Waals surface area (Å²) in [4.78, 5) is 12.4. The average Bonchev–Trinajstić information content (AvgIpc) is 2.45. The number of hydrogen-bond donors (Lipinski definition) is 0. The molecule has 0 radical (unpaired) electrons. The Labute approximate surface area is 130 Å². The monoisotopic (exact) mass is 307 g/mol. The van der Waals surface area contributed by atoms with Crippen LogP contribution in [0.5, 0.6) is 5.75 Å². The van der Waals surface area contributed by atoms with Crippen molar-refractivity contribution in [1.82, 2.24) is 0 Å². The Hall–Kier alpha value is -1.67. The lowest BCUT2D eigenvalue weighted by atomic mass is 10.0. The van der Waals surface area contributed by atoms with E-state index in [1.807, 2.05) is 39.8 Å². The van der Waals surface area contributed by atoms with Crippen LogP contribution in [-0.4, -0.2) is 19.2 Å². The van der Waals surface area contributed by atoms with Crippen LogP contribution in [0.1, 0.15) is 44.2 Å². The molecule has 0 atom stereocenters. The summed E-state index contributed by atoms with van der Waals surface area (Å²) in [7, 11) is 0. The smallest absolute Gasteiger partial charge is 0.344 e. The molecule has 0 aliphatic heterocycles. The van der Waals surface area contributed by atoms with E-state index in [4.69, 9.17) is 14.7 Å². The van der Waals surface area contributed by atoms with Gasteiger partial charge in [-0.3, -0.25) is 0 Å². The van der Waals surface area contributed by atoms with Gasteiger partial charge >= 0.3 is 5.97 Å². The summed E-state index contributed by atoms with van der Waals surface area (Å²) in [5.41, 5.74) is 1.95.